The van der Waals surface area contributed by atoms with Crippen LogP contribution in [0.15, 0.2) is 54.7 Å². The highest BCUT2D eigenvalue weighted by Crippen LogP contribution is 2.30. The van der Waals surface area contributed by atoms with E-state index < -0.39 is 0 Å². The third-order valence-corrected chi connectivity index (χ3v) is 5.81. The zero-order chi connectivity index (χ0) is 24.4. The number of nitrogens with zero attached hydrogens (tertiary/aromatic N) is 2. The molecule has 0 atom stereocenters. The number of pyridine rings is 1. The summed E-state index contributed by atoms with van der Waals surface area (Å²) >= 11 is 1.65. The summed E-state index contributed by atoms with van der Waals surface area (Å²) in [5.41, 5.74) is 10.6. The average molecular weight is 466 g/mol. The van der Waals surface area contributed by atoms with Gasteiger partial charge in [-0.1, -0.05) is 32.1 Å². The van der Waals surface area contributed by atoms with E-state index in [2.05, 4.69) is 20.5 Å². The van der Waals surface area contributed by atoms with Crippen LogP contribution in [0.25, 0.3) is 15.8 Å². The molecule has 0 saturated heterocycles. The number of carbonyl (C=O) groups excluding carboxylic acids is 1. The Bertz CT molecular complexity index is 1110. The molecular formula is C26H35N5OS. The van der Waals surface area contributed by atoms with E-state index in [0.717, 1.165) is 40.1 Å². The van der Waals surface area contributed by atoms with Crippen molar-refractivity contribution in [2.75, 3.05) is 49.8 Å². The van der Waals surface area contributed by atoms with Gasteiger partial charge in [0.1, 0.15) is 0 Å². The molecule has 0 fully saturated rings. The molecular weight excluding hydrogens is 430 g/mol. The summed E-state index contributed by atoms with van der Waals surface area (Å²) in [5, 5.41) is 7.22. The molecule has 4 N–H and O–H groups in total. The van der Waals surface area contributed by atoms with Gasteiger partial charge in [-0.05, 0) is 63.2 Å². The number of amides is 1. The Morgan fingerprint density at radius 1 is 1.12 bits per heavy atom. The van der Waals surface area contributed by atoms with E-state index in [4.69, 9.17) is 5.73 Å². The van der Waals surface area contributed by atoms with Crippen LogP contribution in [0.4, 0.5) is 17.1 Å². The maximum atomic E-state index is 12.9. The summed E-state index contributed by atoms with van der Waals surface area (Å²) in [6, 6.07) is 13.5. The second kappa shape index (κ2) is 12.9. The Labute approximate surface area is 201 Å². The fourth-order valence-electron chi connectivity index (χ4n) is 3.19. The summed E-state index contributed by atoms with van der Waals surface area (Å²) in [6.07, 6.45) is 5.66. The number of fused-ring (bicyclic) bond motifs is 1. The van der Waals surface area contributed by atoms with Gasteiger partial charge in [0, 0.05) is 35.3 Å². The summed E-state index contributed by atoms with van der Waals surface area (Å²) in [5.74, 6) is -0.238. The molecule has 3 aromatic rings. The molecule has 0 spiro atoms. The predicted molar refractivity (Wildman–Crippen MR) is 146 cm³/mol. The van der Waals surface area contributed by atoms with Crippen molar-refractivity contribution in [2.24, 2.45) is 0 Å². The Morgan fingerprint density at radius 2 is 1.88 bits per heavy atom. The minimum absolute atomic E-state index is 0.238. The van der Waals surface area contributed by atoms with Gasteiger partial charge in [-0.2, -0.15) is 0 Å². The van der Waals surface area contributed by atoms with Gasteiger partial charge in [-0.25, -0.2) is 0 Å². The Balaban J connectivity index is 0.00000187. The van der Waals surface area contributed by atoms with E-state index in [0.29, 0.717) is 16.9 Å². The molecule has 7 heteroatoms. The van der Waals surface area contributed by atoms with Crippen molar-refractivity contribution in [3.8, 4) is 0 Å². The van der Waals surface area contributed by atoms with E-state index in [-0.39, 0.29) is 5.91 Å². The van der Waals surface area contributed by atoms with Crippen molar-refractivity contribution in [1.29, 1.82) is 0 Å². The van der Waals surface area contributed by atoms with Crippen molar-refractivity contribution in [1.82, 2.24) is 9.88 Å². The Morgan fingerprint density at radius 3 is 2.55 bits per heavy atom. The molecule has 3 rings (SSSR count). The minimum Gasteiger partial charge on any atom is -0.397 e. The number of nitrogens with one attached hydrogen (secondary N) is 2. The maximum absolute atomic E-state index is 12.9. The number of rotatable bonds is 8. The number of hydrogen-bond acceptors (Lipinski definition) is 6. The number of nitrogens with two attached hydrogens (primary N) is 1. The highest BCUT2D eigenvalue weighted by Gasteiger charge is 2.12. The van der Waals surface area contributed by atoms with Crippen molar-refractivity contribution in [2.45, 2.75) is 20.8 Å². The molecule has 0 aliphatic carbocycles. The number of hydrogen-bond donors (Lipinski definition) is 3. The number of aromatic nitrogens is 1. The van der Waals surface area contributed by atoms with Crippen molar-refractivity contribution in [3.05, 3.63) is 65.9 Å². The second-order valence-electron chi connectivity index (χ2n) is 7.47. The van der Waals surface area contributed by atoms with Crippen LogP contribution < -0.4 is 16.4 Å². The zero-order valence-corrected chi connectivity index (χ0v) is 21.2. The van der Waals surface area contributed by atoms with Gasteiger partial charge in [-0.15, -0.1) is 11.8 Å². The van der Waals surface area contributed by atoms with Crippen LogP contribution in [0.5, 0.6) is 0 Å². The van der Waals surface area contributed by atoms with E-state index in [1.54, 1.807) is 18.0 Å². The minimum atomic E-state index is -0.238. The van der Waals surface area contributed by atoms with E-state index in [9.17, 15) is 4.79 Å². The molecule has 176 valence electrons. The molecule has 0 aliphatic heterocycles. The molecule has 0 bridgehead atoms. The first kappa shape index (κ1) is 26.2. The second-order valence-corrected chi connectivity index (χ2v) is 8.32. The number of thioether (sulfide) groups is 1. The first-order chi connectivity index (χ1) is 15.9. The van der Waals surface area contributed by atoms with E-state index >= 15 is 0 Å². The normalized spacial score (nSPS) is 11.2. The van der Waals surface area contributed by atoms with E-state index in [1.165, 1.54) is 0 Å². The molecule has 0 radical (unpaired) electrons. The highest BCUT2D eigenvalue weighted by molar-refractivity contribution is 8.07. The van der Waals surface area contributed by atoms with Gasteiger partial charge in [0.05, 0.1) is 22.5 Å². The third-order valence-electron chi connectivity index (χ3n) is 4.90. The molecule has 1 amide bonds. The highest BCUT2D eigenvalue weighted by atomic mass is 32.2. The van der Waals surface area contributed by atoms with Gasteiger partial charge in [0.15, 0.2) is 0 Å². The molecule has 0 unspecified atom stereocenters. The first-order valence-electron chi connectivity index (χ1n) is 11.1. The molecule has 33 heavy (non-hydrogen) atoms. The molecule has 1 aromatic heterocycles. The lowest BCUT2D eigenvalue weighted by Crippen LogP contribution is -2.20. The van der Waals surface area contributed by atoms with Crippen LogP contribution in [0.2, 0.25) is 0 Å². The lowest BCUT2D eigenvalue weighted by atomic mass is 10.1. The van der Waals surface area contributed by atoms with Crippen molar-refractivity contribution < 1.29 is 4.79 Å². The topological polar surface area (TPSA) is 83.3 Å². The van der Waals surface area contributed by atoms with Crippen molar-refractivity contribution >= 4 is 50.5 Å². The molecule has 1 heterocycles. The monoisotopic (exact) mass is 465 g/mol. The molecule has 0 aliphatic rings. The number of benzene rings is 2. The number of anilines is 3. The number of nitrogen functional groups attached to an aromatic ring is 1. The fourth-order valence-corrected chi connectivity index (χ4v) is 3.79. The maximum Gasteiger partial charge on any atom is 0.257 e. The Kier molecular flexibility index (Phi) is 10.2. The lowest BCUT2D eigenvalue weighted by molar-refractivity contribution is 0.102. The van der Waals surface area contributed by atoms with Crippen LogP contribution in [0.3, 0.4) is 0 Å². The number of likely N-dealkylation sites (N-methyl/N-ethyl adjacent to an activating group) is 1. The predicted octanol–water partition coefficient (Wildman–Crippen LogP) is 5.79. The molecule has 2 aromatic carbocycles. The van der Waals surface area contributed by atoms with E-state index in [1.807, 2.05) is 89.7 Å². The smallest absolute Gasteiger partial charge is 0.257 e. The van der Waals surface area contributed by atoms with Crippen LogP contribution in [0, 0.1) is 0 Å². The lowest BCUT2D eigenvalue weighted by Gasteiger charge is -2.13. The largest absolute Gasteiger partial charge is 0.397 e. The zero-order valence-electron chi connectivity index (χ0n) is 20.4. The van der Waals surface area contributed by atoms with Gasteiger partial charge in [-0.3, -0.25) is 9.78 Å². The van der Waals surface area contributed by atoms with Crippen LogP contribution in [0.1, 0.15) is 36.7 Å². The summed E-state index contributed by atoms with van der Waals surface area (Å²) in [6.45, 7) is 7.79. The first-order valence-corrected chi connectivity index (χ1v) is 12.3. The van der Waals surface area contributed by atoms with Gasteiger partial charge in [0.25, 0.3) is 5.91 Å². The SMILES string of the molecule is C/C=C(\SC)c1ccc(N)c(NC(=O)c2cnc3cc(NCCN(C)C)ccc3c2)c1.CC. The Hall–Kier alpha value is -3.03. The van der Waals surface area contributed by atoms with Crippen molar-refractivity contribution in [3.63, 3.8) is 0 Å². The van der Waals surface area contributed by atoms with Gasteiger partial charge >= 0.3 is 0 Å². The summed E-state index contributed by atoms with van der Waals surface area (Å²) < 4.78 is 0. The molecule has 6 nitrogen and oxygen atoms in total. The van der Waals surface area contributed by atoms with Gasteiger partial charge < -0.3 is 21.3 Å². The number of allylic oxidation sites excluding steroid dienone is 1. The summed E-state index contributed by atoms with van der Waals surface area (Å²) in [7, 11) is 4.09. The third kappa shape index (κ3) is 7.23. The van der Waals surface area contributed by atoms with Gasteiger partial charge in [0.2, 0.25) is 0 Å². The fraction of sp³-hybridized carbons (Fsp3) is 0.308. The van der Waals surface area contributed by atoms with Crippen LogP contribution >= 0.6 is 11.8 Å². The number of carbonyl (C=O) groups is 1. The van der Waals surface area contributed by atoms with Crippen LogP contribution in [-0.2, 0) is 0 Å². The quantitative estimate of drug-likeness (QED) is 0.365. The van der Waals surface area contributed by atoms with Crippen LogP contribution in [-0.4, -0.2) is 49.2 Å². The average Bonchev–Trinajstić information content (AvgIpc) is 2.82. The summed E-state index contributed by atoms with van der Waals surface area (Å²) in [4.78, 5) is 20.6. The standard InChI is InChI=1S/C24H29N5OS.C2H6/c1-5-23(31-4)17-7-9-20(25)22(13-17)28-24(30)18-12-16-6-8-19(14-21(16)27-15-18)26-10-11-29(2)3;1-2/h5-9,12-15,26H,10-11,25H2,1-4H3,(H,28,30);1-2H3/b23-5-;. The molecule has 0 saturated carbocycles.